The number of halogens is 3. The fraction of sp³-hybridized carbons (Fsp3) is 0.500. The molecule has 1 aliphatic heterocycles. The largest absolute Gasteiger partial charge is 0.313 e. The second kappa shape index (κ2) is 5.71. The molecule has 0 bridgehead atoms. The molecule has 0 saturated carbocycles. The molecular formula is C12H15F3N2O2S. The minimum absolute atomic E-state index is 0.148. The predicted octanol–water partition coefficient (Wildman–Crippen LogP) is 1.52. The molecule has 4 nitrogen and oxygen atoms in total. The fourth-order valence-corrected chi connectivity index (χ4v) is 3.72. The summed E-state index contributed by atoms with van der Waals surface area (Å²) in [6.45, 7) is 2.54. The first-order valence-electron chi connectivity index (χ1n) is 6.21. The summed E-state index contributed by atoms with van der Waals surface area (Å²) in [6, 6.07) is 0.0862. The zero-order valence-electron chi connectivity index (χ0n) is 10.8. The molecule has 1 aromatic carbocycles. The summed E-state index contributed by atoms with van der Waals surface area (Å²) in [4.78, 5) is -1.14. The van der Waals surface area contributed by atoms with Crippen LogP contribution in [0.5, 0.6) is 0 Å². The lowest BCUT2D eigenvalue weighted by Crippen LogP contribution is -2.52. The van der Waals surface area contributed by atoms with Gasteiger partial charge in [-0.2, -0.15) is 0 Å². The molecular weight excluding hydrogens is 293 g/mol. The van der Waals surface area contributed by atoms with Gasteiger partial charge in [0.05, 0.1) is 0 Å². The second-order valence-corrected chi connectivity index (χ2v) is 6.46. The van der Waals surface area contributed by atoms with E-state index in [4.69, 9.17) is 0 Å². The molecule has 0 spiro atoms. The number of nitrogens with one attached hydrogen (secondary N) is 2. The third-order valence-corrected chi connectivity index (χ3v) is 4.84. The van der Waals surface area contributed by atoms with Crippen LogP contribution in [0.4, 0.5) is 13.2 Å². The summed E-state index contributed by atoms with van der Waals surface area (Å²) in [5, 5.41) is 3.07. The zero-order chi connectivity index (χ0) is 14.9. The summed E-state index contributed by atoms with van der Waals surface area (Å²) in [7, 11) is -4.38. The lowest BCUT2D eigenvalue weighted by Gasteiger charge is -2.30. The Morgan fingerprint density at radius 2 is 1.85 bits per heavy atom. The highest BCUT2D eigenvalue weighted by Crippen LogP contribution is 2.21. The highest BCUT2D eigenvalue weighted by Gasteiger charge is 2.30. The van der Waals surface area contributed by atoms with E-state index in [-0.39, 0.29) is 6.04 Å². The Kier molecular flexibility index (Phi) is 4.36. The molecule has 8 heteroatoms. The first-order valence-corrected chi connectivity index (χ1v) is 7.70. The monoisotopic (exact) mass is 308 g/mol. The molecule has 0 radical (unpaired) electrons. The van der Waals surface area contributed by atoms with Crippen molar-refractivity contribution in [3.05, 3.63) is 29.6 Å². The van der Waals surface area contributed by atoms with Crippen molar-refractivity contribution in [2.24, 2.45) is 0 Å². The number of sulfonamides is 1. The first kappa shape index (κ1) is 15.3. The van der Waals surface area contributed by atoms with Crippen LogP contribution in [0.15, 0.2) is 17.0 Å². The lowest BCUT2D eigenvalue weighted by molar-refractivity contribution is 0.347. The molecule has 1 aliphatic rings. The van der Waals surface area contributed by atoms with Gasteiger partial charge in [-0.1, -0.05) is 0 Å². The standard InChI is InChI=1S/C12H15F3N2O2S/c1-7-11(3-2-4-16-7)17-20(18,19)12-9(14)5-8(13)6-10(12)15/h5-7,11,16-17H,2-4H2,1H3/t7-,11-/m0/s1. The third kappa shape index (κ3) is 3.13. The number of hydrogen-bond donors (Lipinski definition) is 2. The summed E-state index contributed by atoms with van der Waals surface area (Å²) in [6.07, 6.45) is 1.32. The van der Waals surface area contributed by atoms with Crippen LogP contribution in [0.2, 0.25) is 0 Å². The average molecular weight is 308 g/mol. The maximum atomic E-state index is 13.5. The number of piperidine rings is 1. The van der Waals surface area contributed by atoms with E-state index in [2.05, 4.69) is 10.0 Å². The molecule has 1 fully saturated rings. The third-order valence-electron chi connectivity index (χ3n) is 3.30. The van der Waals surface area contributed by atoms with Gasteiger partial charge in [0.25, 0.3) is 0 Å². The number of benzene rings is 1. The van der Waals surface area contributed by atoms with E-state index in [1.54, 1.807) is 6.92 Å². The van der Waals surface area contributed by atoms with Crippen LogP contribution in [0.1, 0.15) is 19.8 Å². The van der Waals surface area contributed by atoms with Crippen molar-refractivity contribution in [3.8, 4) is 0 Å². The van der Waals surface area contributed by atoms with Crippen LogP contribution in [-0.4, -0.2) is 27.0 Å². The van der Waals surface area contributed by atoms with Gasteiger partial charge in [0.15, 0.2) is 4.90 Å². The fourth-order valence-electron chi connectivity index (χ4n) is 2.25. The van der Waals surface area contributed by atoms with E-state index in [1.165, 1.54) is 0 Å². The maximum absolute atomic E-state index is 13.5. The Bertz CT molecular complexity index is 584. The van der Waals surface area contributed by atoms with Gasteiger partial charge in [-0.25, -0.2) is 26.3 Å². The van der Waals surface area contributed by atoms with Crippen molar-refractivity contribution in [1.82, 2.24) is 10.0 Å². The summed E-state index contributed by atoms with van der Waals surface area (Å²) >= 11 is 0. The predicted molar refractivity (Wildman–Crippen MR) is 67.1 cm³/mol. The van der Waals surface area contributed by atoms with Crippen molar-refractivity contribution in [2.45, 2.75) is 36.7 Å². The first-order chi connectivity index (χ1) is 9.31. The number of rotatable bonds is 3. The van der Waals surface area contributed by atoms with Crippen molar-refractivity contribution in [2.75, 3.05) is 6.54 Å². The minimum atomic E-state index is -4.38. The molecule has 0 aliphatic carbocycles. The van der Waals surface area contributed by atoms with E-state index < -0.39 is 38.4 Å². The molecule has 2 N–H and O–H groups in total. The van der Waals surface area contributed by atoms with Crippen LogP contribution in [0, 0.1) is 17.5 Å². The molecule has 1 saturated heterocycles. The van der Waals surface area contributed by atoms with Crippen molar-refractivity contribution >= 4 is 10.0 Å². The van der Waals surface area contributed by atoms with Crippen LogP contribution in [-0.2, 0) is 10.0 Å². The molecule has 2 atom stereocenters. The molecule has 20 heavy (non-hydrogen) atoms. The van der Waals surface area contributed by atoms with E-state index in [9.17, 15) is 21.6 Å². The van der Waals surface area contributed by atoms with Crippen LogP contribution < -0.4 is 10.0 Å². The van der Waals surface area contributed by atoms with Gasteiger partial charge < -0.3 is 5.32 Å². The number of hydrogen-bond acceptors (Lipinski definition) is 3. The quantitative estimate of drug-likeness (QED) is 0.890. The maximum Gasteiger partial charge on any atom is 0.246 e. The molecule has 1 heterocycles. The van der Waals surface area contributed by atoms with Crippen molar-refractivity contribution in [1.29, 1.82) is 0 Å². The molecule has 0 unspecified atom stereocenters. The Morgan fingerprint density at radius 3 is 2.40 bits per heavy atom. The van der Waals surface area contributed by atoms with Crippen LogP contribution in [0.3, 0.4) is 0 Å². The second-order valence-electron chi connectivity index (χ2n) is 4.81. The SMILES string of the molecule is C[C@@H]1NCCC[C@@H]1NS(=O)(=O)c1c(F)cc(F)cc1F. The Balaban J connectivity index is 2.31. The highest BCUT2D eigenvalue weighted by molar-refractivity contribution is 7.89. The smallest absolute Gasteiger partial charge is 0.246 e. The average Bonchev–Trinajstić information content (AvgIpc) is 2.30. The van der Waals surface area contributed by atoms with Gasteiger partial charge in [-0.3, -0.25) is 0 Å². The molecule has 1 aromatic rings. The molecule has 0 amide bonds. The van der Waals surface area contributed by atoms with Gasteiger partial charge in [0.2, 0.25) is 10.0 Å². The molecule has 2 rings (SSSR count). The van der Waals surface area contributed by atoms with E-state index in [0.29, 0.717) is 18.6 Å². The normalized spacial score (nSPS) is 23.8. The van der Waals surface area contributed by atoms with Gasteiger partial charge in [-0.05, 0) is 26.3 Å². The van der Waals surface area contributed by atoms with E-state index in [0.717, 1.165) is 13.0 Å². The zero-order valence-corrected chi connectivity index (χ0v) is 11.6. The molecule has 0 aromatic heterocycles. The minimum Gasteiger partial charge on any atom is -0.313 e. The van der Waals surface area contributed by atoms with Gasteiger partial charge in [0, 0.05) is 24.2 Å². The summed E-state index contributed by atoms with van der Waals surface area (Å²) < 4.78 is 66.3. The van der Waals surface area contributed by atoms with Crippen LogP contribution in [0.25, 0.3) is 0 Å². The van der Waals surface area contributed by atoms with Gasteiger partial charge in [-0.15, -0.1) is 0 Å². The summed E-state index contributed by atoms with van der Waals surface area (Å²) in [5.41, 5.74) is 0. The molecule has 112 valence electrons. The highest BCUT2D eigenvalue weighted by atomic mass is 32.2. The van der Waals surface area contributed by atoms with Gasteiger partial charge in [0.1, 0.15) is 17.5 Å². The Morgan fingerprint density at radius 1 is 1.25 bits per heavy atom. The Labute approximate surface area is 115 Å². The lowest BCUT2D eigenvalue weighted by atomic mass is 10.0. The Hall–Kier alpha value is -1.12. The van der Waals surface area contributed by atoms with Crippen molar-refractivity contribution in [3.63, 3.8) is 0 Å². The van der Waals surface area contributed by atoms with Crippen molar-refractivity contribution < 1.29 is 21.6 Å². The summed E-state index contributed by atoms with van der Waals surface area (Å²) in [5.74, 6) is -4.04. The topological polar surface area (TPSA) is 58.2 Å². The van der Waals surface area contributed by atoms with Gasteiger partial charge >= 0.3 is 0 Å². The van der Waals surface area contributed by atoms with E-state index >= 15 is 0 Å². The van der Waals surface area contributed by atoms with E-state index in [1.807, 2.05) is 0 Å². The van der Waals surface area contributed by atoms with Crippen LogP contribution >= 0.6 is 0 Å².